The third-order valence-corrected chi connectivity index (χ3v) is 2.65. The van der Waals surface area contributed by atoms with Gasteiger partial charge >= 0.3 is 5.69 Å². The van der Waals surface area contributed by atoms with Crippen molar-refractivity contribution in [3.05, 3.63) is 33.1 Å². The van der Waals surface area contributed by atoms with Gasteiger partial charge in [0.2, 0.25) is 5.95 Å². The molecule has 0 spiro atoms. The van der Waals surface area contributed by atoms with Gasteiger partial charge in [0, 0.05) is 7.05 Å². The molecule has 0 bridgehead atoms. The van der Waals surface area contributed by atoms with E-state index in [4.69, 9.17) is 4.42 Å². The van der Waals surface area contributed by atoms with Crippen LogP contribution in [0.15, 0.2) is 27.4 Å². The number of nitrogens with one attached hydrogen (secondary N) is 1. The van der Waals surface area contributed by atoms with Crippen LogP contribution in [0, 0.1) is 10.1 Å². The fourth-order valence-electron chi connectivity index (χ4n) is 1.26. The summed E-state index contributed by atoms with van der Waals surface area (Å²) in [6, 6.07) is 1.64. The predicted molar refractivity (Wildman–Crippen MR) is 63.6 cm³/mol. The van der Waals surface area contributed by atoms with Crippen molar-refractivity contribution in [1.82, 2.24) is 9.97 Å². The van der Waals surface area contributed by atoms with Gasteiger partial charge in [0.15, 0.2) is 11.5 Å². The van der Waals surface area contributed by atoms with Gasteiger partial charge in [-0.15, -0.1) is 0 Å². The number of nitro groups is 1. The van der Waals surface area contributed by atoms with Crippen LogP contribution in [0.3, 0.4) is 0 Å². The van der Waals surface area contributed by atoms with Crippen LogP contribution >= 0.6 is 15.9 Å². The largest absolute Gasteiger partial charge is 0.461 e. The van der Waals surface area contributed by atoms with E-state index in [1.807, 2.05) is 0 Å². The van der Waals surface area contributed by atoms with Gasteiger partial charge in [-0.05, 0) is 22.0 Å². The molecular weight excluding hydrogens is 292 g/mol. The van der Waals surface area contributed by atoms with Crippen LogP contribution in [0.5, 0.6) is 0 Å². The minimum atomic E-state index is -0.552. The SMILES string of the molecule is CNc1ncc([N+](=O)[O-])c(-c2occc2Br)n1. The monoisotopic (exact) mass is 298 g/mol. The molecule has 0 aliphatic carbocycles. The Morgan fingerprint density at radius 1 is 1.59 bits per heavy atom. The molecule has 0 amide bonds. The number of anilines is 1. The van der Waals surface area contributed by atoms with E-state index >= 15 is 0 Å². The fraction of sp³-hybridized carbons (Fsp3) is 0.111. The lowest BCUT2D eigenvalue weighted by Gasteiger charge is -2.02. The van der Waals surface area contributed by atoms with Crippen molar-refractivity contribution in [3.63, 3.8) is 0 Å². The van der Waals surface area contributed by atoms with Crippen LogP contribution in [0.1, 0.15) is 0 Å². The number of hydrogen-bond acceptors (Lipinski definition) is 6. The van der Waals surface area contributed by atoms with E-state index < -0.39 is 4.92 Å². The molecule has 0 aliphatic heterocycles. The van der Waals surface area contributed by atoms with E-state index in [0.717, 1.165) is 6.20 Å². The molecule has 0 aromatic carbocycles. The minimum Gasteiger partial charge on any atom is -0.461 e. The Kier molecular flexibility index (Phi) is 3.05. The quantitative estimate of drug-likeness (QED) is 0.691. The minimum absolute atomic E-state index is 0.131. The average Bonchev–Trinajstić information content (AvgIpc) is 2.74. The van der Waals surface area contributed by atoms with Crippen molar-refractivity contribution in [1.29, 1.82) is 0 Å². The Morgan fingerprint density at radius 2 is 2.35 bits per heavy atom. The summed E-state index contributed by atoms with van der Waals surface area (Å²) in [7, 11) is 1.63. The molecule has 0 aliphatic rings. The summed E-state index contributed by atoms with van der Waals surface area (Å²) in [5.74, 6) is 0.588. The third kappa shape index (κ3) is 2.11. The number of rotatable bonds is 3. The van der Waals surface area contributed by atoms with Crippen LogP contribution < -0.4 is 5.32 Å². The van der Waals surface area contributed by atoms with Crippen molar-refractivity contribution >= 4 is 27.6 Å². The first-order chi connectivity index (χ1) is 8.13. The summed E-state index contributed by atoms with van der Waals surface area (Å²) < 4.78 is 5.77. The lowest BCUT2D eigenvalue weighted by atomic mass is 10.3. The molecule has 8 heteroatoms. The van der Waals surface area contributed by atoms with Crippen LogP contribution in [-0.2, 0) is 0 Å². The van der Waals surface area contributed by atoms with Gasteiger partial charge < -0.3 is 9.73 Å². The number of hydrogen-bond donors (Lipinski definition) is 1. The molecule has 0 unspecified atom stereocenters. The van der Waals surface area contributed by atoms with Crippen molar-refractivity contribution in [2.24, 2.45) is 0 Å². The highest BCUT2D eigenvalue weighted by molar-refractivity contribution is 9.10. The first-order valence-electron chi connectivity index (χ1n) is 4.56. The molecule has 7 nitrogen and oxygen atoms in total. The fourth-order valence-corrected chi connectivity index (χ4v) is 1.65. The van der Waals surface area contributed by atoms with Gasteiger partial charge in [0.05, 0.1) is 15.7 Å². The summed E-state index contributed by atoms with van der Waals surface area (Å²) in [5, 5.41) is 13.6. The van der Waals surface area contributed by atoms with Gasteiger partial charge in [-0.3, -0.25) is 10.1 Å². The highest BCUT2D eigenvalue weighted by Crippen LogP contribution is 2.34. The Hall–Kier alpha value is -1.96. The second-order valence-electron chi connectivity index (χ2n) is 3.03. The standard InChI is InChI=1S/C9H7BrN4O3/c1-11-9-12-4-6(14(15)16)7(13-9)8-5(10)2-3-17-8/h2-4H,1H3,(H,11,12,13). The molecule has 0 saturated carbocycles. The number of aromatic nitrogens is 2. The summed E-state index contributed by atoms with van der Waals surface area (Å²) in [5.41, 5.74) is -0.0779. The second kappa shape index (κ2) is 4.50. The second-order valence-corrected chi connectivity index (χ2v) is 3.89. The number of furan rings is 1. The number of nitrogens with zero attached hydrogens (tertiary/aromatic N) is 3. The molecule has 2 aromatic rings. The van der Waals surface area contributed by atoms with Crippen molar-refractivity contribution in [3.8, 4) is 11.5 Å². The van der Waals surface area contributed by atoms with E-state index in [9.17, 15) is 10.1 Å². The van der Waals surface area contributed by atoms with Gasteiger partial charge in [-0.25, -0.2) is 9.97 Å². The Labute approximate surface area is 104 Å². The zero-order valence-electron chi connectivity index (χ0n) is 8.68. The average molecular weight is 299 g/mol. The Balaban J connectivity index is 2.65. The van der Waals surface area contributed by atoms with Gasteiger partial charge in [0.1, 0.15) is 6.20 Å². The van der Waals surface area contributed by atoms with Gasteiger partial charge in [-0.2, -0.15) is 0 Å². The third-order valence-electron chi connectivity index (χ3n) is 2.02. The maximum absolute atomic E-state index is 10.9. The molecule has 0 saturated heterocycles. The first-order valence-corrected chi connectivity index (χ1v) is 5.35. The maximum atomic E-state index is 10.9. The highest BCUT2D eigenvalue weighted by Gasteiger charge is 2.22. The normalized spacial score (nSPS) is 10.2. The van der Waals surface area contributed by atoms with Crippen LogP contribution in [0.2, 0.25) is 0 Å². The molecule has 2 heterocycles. The topological polar surface area (TPSA) is 94.1 Å². The molecule has 88 valence electrons. The van der Waals surface area contributed by atoms with Crippen LogP contribution in [0.4, 0.5) is 11.6 Å². The Morgan fingerprint density at radius 3 is 2.88 bits per heavy atom. The molecule has 1 N–H and O–H groups in total. The summed E-state index contributed by atoms with van der Waals surface area (Å²) in [6.07, 6.45) is 2.56. The van der Waals surface area contributed by atoms with Crippen molar-refractivity contribution in [2.75, 3.05) is 12.4 Å². The summed E-state index contributed by atoms with van der Waals surface area (Å²) in [4.78, 5) is 18.2. The van der Waals surface area contributed by atoms with E-state index in [1.165, 1.54) is 6.26 Å². The predicted octanol–water partition coefficient (Wildman–Crippen LogP) is 2.45. The van der Waals surface area contributed by atoms with Crippen LogP contribution in [-0.4, -0.2) is 21.9 Å². The molecule has 0 radical (unpaired) electrons. The van der Waals surface area contributed by atoms with E-state index in [-0.39, 0.29) is 17.3 Å². The highest BCUT2D eigenvalue weighted by atomic mass is 79.9. The van der Waals surface area contributed by atoms with Gasteiger partial charge in [-0.1, -0.05) is 0 Å². The molecule has 2 rings (SSSR count). The van der Waals surface area contributed by atoms with Crippen molar-refractivity contribution < 1.29 is 9.34 Å². The molecule has 2 aromatic heterocycles. The Bertz CT molecular complexity index is 569. The zero-order valence-corrected chi connectivity index (χ0v) is 10.3. The van der Waals surface area contributed by atoms with Gasteiger partial charge in [0.25, 0.3) is 0 Å². The van der Waals surface area contributed by atoms with Crippen LogP contribution in [0.25, 0.3) is 11.5 Å². The molecule has 17 heavy (non-hydrogen) atoms. The lowest BCUT2D eigenvalue weighted by molar-refractivity contribution is -0.384. The smallest absolute Gasteiger partial charge is 0.317 e. The summed E-state index contributed by atoms with van der Waals surface area (Å²) >= 11 is 3.24. The maximum Gasteiger partial charge on any atom is 0.317 e. The molecular formula is C9H7BrN4O3. The zero-order chi connectivity index (χ0) is 12.4. The van der Waals surface area contributed by atoms with E-state index in [2.05, 4.69) is 31.2 Å². The van der Waals surface area contributed by atoms with Crippen molar-refractivity contribution in [2.45, 2.75) is 0 Å². The van der Waals surface area contributed by atoms with E-state index in [0.29, 0.717) is 10.2 Å². The van der Waals surface area contributed by atoms with E-state index in [1.54, 1.807) is 13.1 Å². The molecule has 0 atom stereocenters. The molecule has 0 fully saturated rings. The number of halogens is 1. The first kappa shape index (κ1) is 11.5. The summed E-state index contributed by atoms with van der Waals surface area (Å²) in [6.45, 7) is 0. The lowest BCUT2D eigenvalue weighted by Crippen LogP contribution is -2.01.